The van der Waals surface area contributed by atoms with Gasteiger partial charge in [-0.2, -0.15) is 0 Å². The van der Waals surface area contributed by atoms with Gasteiger partial charge < -0.3 is 9.84 Å². The van der Waals surface area contributed by atoms with E-state index in [1.54, 1.807) is 18.3 Å². The second-order valence-electron chi connectivity index (χ2n) is 5.35. The van der Waals surface area contributed by atoms with E-state index in [4.69, 9.17) is 9.84 Å². The average Bonchev–Trinajstić information content (AvgIpc) is 2.63. The molecule has 3 rings (SSSR count). The SMILES string of the molecule is O=C(O)COc1ccc(C(c2ccccc2)c2ccccn2)cc1. The second kappa shape index (κ2) is 7.42. The van der Waals surface area contributed by atoms with Crippen LogP contribution in [-0.2, 0) is 4.79 Å². The maximum absolute atomic E-state index is 10.6. The van der Waals surface area contributed by atoms with E-state index in [1.807, 2.05) is 48.5 Å². The van der Waals surface area contributed by atoms with E-state index in [9.17, 15) is 4.79 Å². The minimum atomic E-state index is -0.991. The predicted octanol–water partition coefficient (Wildman–Crippen LogP) is 3.73. The molecular weight excluding hydrogens is 302 g/mol. The number of hydrogen-bond acceptors (Lipinski definition) is 3. The summed E-state index contributed by atoms with van der Waals surface area (Å²) in [7, 11) is 0. The van der Waals surface area contributed by atoms with Crippen LogP contribution in [0.3, 0.4) is 0 Å². The lowest BCUT2D eigenvalue weighted by molar-refractivity contribution is -0.139. The van der Waals surface area contributed by atoms with Crippen molar-refractivity contribution in [3.63, 3.8) is 0 Å². The Bertz CT molecular complexity index is 747. The van der Waals surface area contributed by atoms with Gasteiger partial charge in [-0.15, -0.1) is 0 Å². The molecule has 4 nitrogen and oxygen atoms in total. The summed E-state index contributed by atoms with van der Waals surface area (Å²) in [5.74, 6) is -0.440. The molecule has 0 saturated heterocycles. The quantitative estimate of drug-likeness (QED) is 0.752. The van der Waals surface area contributed by atoms with Gasteiger partial charge in [0.2, 0.25) is 0 Å². The van der Waals surface area contributed by atoms with Crippen LogP contribution in [0, 0.1) is 0 Å². The monoisotopic (exact) mass is 319 g/mol. The fourth-order valence-electron chi connectivity index (χ4n) is 2.63. The van der Waals surface area contributed by atoms with Gasteiger partial charge in [-0.25, -0.2) is 4.79 Å². The van der Waals surface area contributed by atoms with Gasteiger partial charge in [0.05, 0.1) is 11.6 Å². The van der Waals surface area contributed by atoms with E-state index >= 15 is 0 Å². The summed E-state index contributed by atoms with van der Waals surface area (Å²) in [5, 5.41) is 8.68. The molecule has 4 heteroatoms. The Kier molecular flexibility index (Phi) is 4.87. The van der Waals surface area contributed by atoms with Crippen LogP contribution in [0.4, 0.5) is 0 Å². The number of aromatic nitrogens is 1. The van der Waals surface area contributed by atoms with Crippen LogP contribution in [0.25, 0.3) is 0 Å². The molecule has 2 aromatic carbocycles. The Hall–Kier alpha value is -3.14. The van der Waals surface area contributed by atoms with Crippen molar-refractivity contribution in [1.29, 1.82) is 0 Å². The molecule has 0 bridgehead atoms. The number of ether oxygens (including phenoxy) is 1. The van der Waals surface area contributed by atoms with E-state index in [0.29, 0.717) is 5.75 Å². The van der Waals surface area contributed by atoms with Gasteiger partial charge in [-0.3, -0.25) is 4.98 Å². The fraction of sp³-hybridized carbons (Fsp3) is 0.100. The molecule has 1 aromatic heterocycles. The zero-order chi connectivity index (χ0) is 16.8. The van der Waals surface area contributed by atoms with E-state index in [-0.39, 0.29) is 12.5 Å². The first-order valence-corrected chi connectivity index (χ1v) is 7.64. The van der Waals surface area contributed by atoms with Crippen LogP contribution in [0.2, 0.25) is 0 Å². The molecule has 0 aliphatic heterocycles. The molecule has 1 atom stereocenters. The Balaban J connectivity index is 1.93. The van der Waals surface area contributed by atoms with Crippen LogP contribution in [-0.4, -0.2) is 22.7 Å². The first kappa shape index (κ1) is 15.7. The van der Waals surface area contributed by atoms with Crippen LogP contribution in [0.1, 0.15) is 22.7 Å². The number of hydrogen-bond donors (Lipinski definition) is 1. The molecule has 24 heavy (non-hydrogen) atoms. The highest BCUT2D eigenvalue weighted by Gasteiger charge is 2.17. The van der Waals surface area contributed by atoms with Crippen molar-refractivity contribution in [3.8, 4) is 5.75 Å². The number of rotatable bonds is 6. The molecule has 0 aliphatic rings. The van der Waals surface area contributed by atoms with Crippen LogP contribution in [0.15, 0.2) is 79.0 Å². The smallest absolute Gasteiger partial charge is 0.341 e. The lowest BCUT2D eigenvalue weighted by Crippen LogP contribution is -2.09. The number of benzene rings is 2. The minimum absolute atomic E-state index is 0.0147. The first-order chi connectivity index (χ1) is 11.7. The number of aliphatic carboxylic acids is 1. The Morgan fingerprint density at radius 1 is 0.917 bits per heavy atom. The van der Waals surface area contributed by atoms with Crippen molar-refractivity contribution >= 4 is 5.97 Å². The van der Waals surface area contributed by atoms with E-state index in [1.165, 1.54) is 0 Å². The van der Waals surface area contributed by atoms with Crippen molar-refractivity contribution in [3.05, 3.63) is 95.8 Å². The summed E-state index contributed by atoms with van der Waals surface area (Å²) < 4.78 is 5.20. The molecule has 0 spiro atoms. The maximum atomic E-state index is 10.6. The number of nitrogens with zero attached hydrogens (tertiary/aromatic N) is 1. The van der Waals surface area contributed by atoms with Gasteiger partial charge >= 0.3 is 5.97 Å². The Morgan fingerprint density at radius 3 is 2.21 bits per heavy atom. The van der Waals surface area contributed by atoms with Crippen molar-refractivity contribution in [2.24, 2.45) is 0 Å². The highest BCUT2D eigenvalue weighted by molar-refractivity contribution is 5.68. The molecule has 1 N–H and O–H groups in total. The number of carbonyl (C=O) groups is 1. The van der Waals surface area contributed by atoms with Gasteiger partial charge in [0, 0.05) is 6.20 Å². The summed E-state index contributed by atoms with van der Waals surface area (Å²) in [6.45, 7) is -0.346. The van der Waals surface area contributed by atoms with Crippen molar-refractivity contribution in [1.82, 2.24) is 4.98 Å². The molecule has 1 unspecified atom stereocenters. The zero-order valence-electron chi connectivity index (χ0n) is 13.0. The zero-order valence-corrected chi connectivity index (χ0v) is 13.0. The standard InChI is InChI=1S/C20H17NO3/c22-19(23)14-24-17-11-9-16(10-12-17)20(15-6-2-1-3-7-15)18-8-4-5-13-21-18/h1-13,20H,14H2,(H,22,23). The molecule has 3 aromatic rings. The lowest BCUT2D eigenvalue weighted by atomic mass is 9.88. The Labute approximate surface area is 140 Å². The largest absolute Gasteiger partial charge is 0.482 e. The van der Waals surface area contributed by atoms with Crippen molar-refractivity contribution in [2.45, 2.75) is 5.92 Å². The third-order valence-electron chi connectivity index (χ3n) is 3.69. The molecule has 120 valence electrons. The van der Waals surface area contributed by atoms with Crippen LogP contribution >= 0.6 is 0 Å². The molecular formula is C20H17NO3. The average molecular weight is 319 g/mol. The van der Waals surface area contributed by atoms with E-state index in [0.717, 1.165) is 16.8 Å². The van der Waals surface area contributed by atoms with Gasteiger partial charge in [0.15, 0.2) is 6.61 Å². The molecule has 0 amide bonds. The van der Waals surface area contributed by atoms with Gasteiger partial charge in [0.25, 0.3) is 0 Å². The summed E-state index contributed by atoms with van der Waals surface area (Å²) in [6.07, 6.45) is 1.79. The first-order valence-electron chi connectivity index (χ1n) is 7.64. The maximum Gasteiger partial charge on any atom is 0.341 e. The third-order valence-corrected chi connectivity index (χ3v) is 3.69. The fourth-order valence-corrected chi connectivity index (χ4v) is 2.63. The van der Waals surface area contributed by atoms with Crippen molar-refractivity contribution < 1.29 is 14.6 Å². The van der Waals surface area contributed by atoms with Crippen LogP contribution < -0.4 is 4.74 Å². The highest BCUT2D eigenvalue weighted by atomic mass is 16.5. The lowest BCUT2D eigenvalue weighted by Gasteiger charge is -2.18. The van der Waals surface area contributed by atoms with Gasteiger partial charge in [-0.05, 0) is 35.4 Å². The minimum Gasteiger partial charge on any atom is -0.482 e. The highest BCUT2D eigenvalue weighted by Crippen LogP contribution is 2.31. The summed E-state index contributed by atoms with van der Waals surface area (Å²) in [4.78, 5) is 15.1. The van der Waals surface area contributed by atoms with E-state index in [2.05, 4.69) is 17.1 Å². The number of carboxylic acid groups (broad SMARTS) is 1. The molecule has 0 fully saturated rings. The number of pyridine rings is 1. The normalized spacial score (nSPS) is 11.7. The predicted molar refractivity (Wildman–Crippen MR) is 91.2 cm³/mol. The molecule has 1 heterocycles. The van der Waals surface area contributed by atoms with Crippen LogP contribution in [0.5, 0.6) is 5.75 Å². The number of carboxylic acids is 1. The van der Waals surface area contributed by atoms with Crippen molar-refractivity contribution in [2.75, 3.05) is 6.61 Å². The molecule has 0 radical (unpaired) electrons. The molecule has 0 saturated carbocycles. The second-order valence-corrected chi connectivity index (χ2v) is 5.35. The topological polar surface area (TPSA) is 59.4 Å². The summed E-state index contributed by atoms with van der Waals surface area (Å²) in [6, 6.07) is 23.5. The van der Waals surface area contributed by atoms with Gasteiger partial charge in [-0.1, -0.05) is 48.5 Å². The summed E-state index contributed by atoms with van der Waals surface area (Å²) >= 11 is 0. The Morgan fingerprint density at radius 2 is 1.58 bits per heavy atom. The van der Waals surface area contributed by atoms with Gasteiger partial charge in [0.1, 0.15) is 5.75 Å². The third kappa shape index (κ3) is 3.79. The van der Waals surface area contributed by atoms with E-state index < -0.39 is 5.97 Å². The molecule has 0 aliphatic carbocycles. The summed E-state index contributed by atoms with van der Waals surface area (Å²) in [5.41, 5.74) is 3.18.